The van der Waals surface area contributed by atoms with Crippen molar-refractivity contribution >= 4 is 43.5 Å². The van der Waals surface area contributed by atoms with Crippen LogP contribution in [0, 0.1) is 0 Å². The summed E-state index contributed by atoms with van der Waals surface area (Å²) in [4.78, 5) is 0. The normalized spacial score (nSPS) is 12.9. The van der Waals surface area contributed by atoms with Gasteiger partial charge in [-0.1, -0.05) is 18.5 Å². The first kappa shape index (κ1) is 15.1. The lowest BCUT2D eigenvalue weighted by atomic mass is 10.1. The van der Waals surface area contributed by atoms with Gasteiger partial charge < -0.3 is 9.52 Å². The highest BCUT2D eigenvalue weighted by molar-refractivity contribution is 9.13. The lowest BCUT2D eigenvalue weighted by Gasteiger charge is -2.08. The number of hydrogen-bond acceptors (Lipinski definition) is 3. The zero-order valence-corrected chi connectivity index (χ0v) is 14.4. The Bertz CT molecular complexity index is 575. The van der Waals surface area contributed by atoms with Gasteiger partial charge in [0.25, 0.3) is 0 Å². The van der Waals surface area contributed by atoms with Crippen molar-refractivity contribution in [2.45, 2.75) is 25.9 Å². The molecule has 0 radical (unpaired) electrons. The van der Waals surface area contributed by atoms with Gasteiger partial charge in [0.2, 0.25) is 0 Å². The number of aliphatic hydroxyl groups excluding tert-OH is 1. The number of hydrogen-bond donors (Lipinski definition) is 1. The fourth-order valence-corrected chi connectivity index (χ4v) is 2.83. The molecule has 2 heterocycles. The van der Waals surface area contributed by atoms with Crippen LogP contribution in [0.3, 0.4) is 0 Å². The number of aryl methyl sites for hydroxylation is 2. The van der Waals surface area contributed by atoms with Crippen LogP contribution < -0.4 is 0 Å². The molecule has 0 aliphatic heterocycles. The van der Waals surface area contributed by atoms with Crippen LogP contribution in [-0.2, 0) is 19.9 Å². The first-order valence-corrected chi connectivity index (χ1v) is 7.73. The van der Waals surface area contributed by atoms with E-state index in [1.807, 2.05) is 14.0 Å². The van der Waals surface area contributed by atoms with Crippen LogP contribution in [0.25, 0.3) is 0 Å². The molecule has 0 bridgehead atoms. The van der Waals surface area contributed by atoms with Crippen molar-refractivity contribution in [2.75, 3.05) is 0 Å². The predicted molar refractivity (Wildman–Crippen MR) is 80.4 cm³/mol. The van der Waals surface area contributed by atoms with Gasteiger partial charge in [-0.05, 0) is 44.3 Å². The van der Waals surface area contributed by atoms with Crippen molar-refractivity contribution in [1.82, 2.24) is 9.78 Å². The first-order chi connectivity index (χ1) is 8.93. The lowest BCUT2D eigenvalue weighted by molar-refractivity contribution is 0.146. The van der Waals surface area contributed by atoms with Gasteiger partial charge in [0.1, 0.15) is 11.9 Å². The minimum absolute atomic E-state index is 0.356. The monoisotopic (exact) mass is 410 g/mol. The van der Waals surface area contributed by atoms with E-state index in [9.17, 15) is 5.11 Å². The molecule has 0 aliphatic carbocycles. The van der Waals surface area contributed by atoms with Gasteiger partial charge in [-0.2, -0.15) is 5.10 Å². The summed E-state index contributed by atoms with van der Waals surface area (Å²) in [5, 5.41) is 15.1. The Morgan fingerprint density at radius 3 is 2.68 bits per heavy atom. The summed E-state index contributed by atoms with van der Waals surface area (Å²) in [5.74, 6) is 0.481. The molecule has 2 aromatic heterocycles. The first-order valence-electron chi connectivity index (χ1n) is 5.77. The number of aromatic nitrogens is 2. The average molecular weight is 413 g/mol. The summed E-state index contributed by atoms with van der Waals surface area (Å²) >= 11 is 12.8. The summed E-state index contributed by atoms with van der Waals surface area (Å²) in [7, 11) is 1.82. The predicted octanol–water partition coefficient (Wildman–Crippen LogP) is 4.03. The molecule has 0 amide bonds. The SMILES string of the molecule is CCc1nn(C)c(CC(O)c2cc(Br)c(Br)o2)c1Cl. The van der Waals surface area contributed by atoms with Crippen molar-refractivity contribution in [3.8, 4) is 0 Å². The highest BCUT2D eigenvalue weighted by Gasteiger charge is 2.20. The Balaban J connectivity index is 2.23. The van der Waals surface area contributed by atoms with Crippen LogP contribution in [-0.4, -0.2) is 14.9 Å². The van der Waals surface area contributed by atoms with Crippen LogP contribution in [0.2, 0.25) is 5.02 Å². The maximum Gasteiger partial charge on any atom is 0.183 e. The second-order valence-corrected chi connectivity index (χ2v) is 6.13. The van der Waals surface area contributed by atoms with E-state index in [0.29, 0.717) is 21.9 Å². The molecular weight excluding hydrogens is 399 g/mol. The molecule has 0 aliphatic rings. The summed E-state index contributed by atoms with van der Waals surface area (Å²) in [6.45, 7) is 2.00. The van der Waals surface area contributed by atoms with E-state index in [-0.39, 0.29) is 0 Å². The Morgan fingerprint density at radius 2 is 2.21 bits per heavy atom. The van der Waals surface area contributed by atoms with Crippen molar-refractivity contribution in [2.24, 2.45) is 7.05 Å². The number of aliphatic hydroxyl groups is 1. The Morgan fingerprint density at radius 1 is 1.53 bits per heavy atom. The van der Waals surface area contributed by atoms with Crippen molar-refractivity contribution in [3.05, 3.63) is 37.4 Å². The molecule has 7 heteroatoms. The highest BCUT2D eigenvalue weighted by atomic mass is 79.9. The Hall–Kier alpha value is -0.300. The van der Waals surface area contributed by atoms with E-state index in [0.717, 1.165) is 22.3 Å². The second-order valence-electron chi connectivity index (χ2n) is 4.17. The molecule has 0 spiro atoms. The van der Waals surface area contributed by atoms with Gasteiger partial charge in [-0.15, -0.1) is 0 Å². The maximum absolute atomic E-state index is 10.2. The number of halogens is 3. The molecule has 2 aromatic rings. The zero-order valence-electron chi connectivity index (χ0n) is 10.5. The fraction of sp³-hybridized carbons (Fsp3) is 0.417. The van der Waals surface area contributed by atoms with Crippen molar-refractivity contribution in [3.63, 3.8) is 0 Å². The number of nitrogens with zero attached hydrogens (tertiary/aromatic N) is 2. The fourth-order valence-electron chi connectivity index (χ4n) is 1.85. The third kappa shape index (κ3) is 3.07. The second kappa shape index (κ2) is 5.99. The molecule has 19 heavy (non-hydrogen) atoms. The Labute approximate surface area is 133 Å². The summed E-state index contributed by atoms with van der Waals surface area (Å²) < 4.78 is 8.45. The molecule has 0 aromatic carbocycles. The summed E-state index contributed by atoms with van der Waals surface area (Å²) in [5.41, 5.74) is 1.64. The van der Waals surface area contributed by atoms with Crippen molar-refractivity contribution in [1.29, 1.82) is 0 Å². The van der Waals surface area contributed by atoms with E-state index in [1.165, 1.54) is 0 Å². The van der Waals surface area contributed by atoms with Crippen LogP contribution >= 0.6 is 43.5 Å². The van der Waals surface area contributed by atoms with Gasteiger partial charge in [0, 0.05) is 13.5 Å². The number of furan rings is 1. The van der Waals surface area contributed by atoms with E-state index >= 15 is 0 Å². The van der Waals surface area contributed by atoms with Crippen molar-refractivity contribution < 1.29 is 9.52 Å². The van der Waals surface area contributed by atoms with Crippen LogP contribution in [0.1, 0.15) is 30.2 Å². The van der Waals surface area contributed by atoms with E-state index in [2.05, 4.69) is 37.0 Å². The van der Waals surface area contributed by atoms with Gasteiger partial charge in [-0.3, -0.25) is 4.68 Å². The highest BCUT2D eigenvalue weighted by Crippen LogP contribution is 2.32. The molecule has 0 saturated carbocycles. The molecule has 0 saturated heterocycles. The zero-order chi connectivity index (χ0) is 14.2. The molecule has 4 nitrogen and oxygen atoms in total. The topological polar surface area (TPSA) is 51.2 Å². The van der Waals surface area contributed by atoms with Gasteiger partial charge in [0.15, 0.2) is 4.67 Å². The molecule has 1 unspecified atom stereocenters. The molecule has 2 rings (SSSR count). The van der Waals surface area contributed by atoms with E-state index < -0.39 is 6.10 Å². The molecule has 0 fully saturated rings. The number of rotatable bonds is 4. The average Bonchev–Trinajstić information content (AvgIpc) is 2.84. The minimum atomic E-state index is -0.764. The summed E-state index contributed by atoms with van der Waals surface area (Å²) in [6.07, 6.45) is 0.357. The van der Waals surface area contributed by atoms with Gasteiger partial charge in [0.05, 0.1) is 20.9 Å². The van der Waals surface area contributed by atoms with Crippen LogP contribution in [0.5, 0.6) is 0 Å². The quantitative estimate of drug-likeness (QED) is 0.825. The third-order valence-electron chi connectivity index (χ3n) is 2.88. The van der Waals surface area contributed by atoms with Crippen LogP contribution in [0.4, 0.5) is 0 Å². The third-order valence-corrected chi connectivity index (χ3v) is 5.03. The van der Waals surface area contributed by atoms with Crippen LogP contribution in [0.15, 0.2) is 19.6 Å². The molecule has 104 valence electrons. The standard InChI is InChI=1S/C12H13Br2ClN2O2/c1-3-7-11(15)8(17(2)16-7)5-9(18)10-4-6(13)12(14)19-10/h4,9,18H,3,5H2,1-2H3. The molecule has 1 atom stereocenters. The molecule has 1 N–H and O–H groups in total. The Kier molecular flexibility index (Phi) is 4.76. The van der Waals surface area contributed by atoms with Gasteiger partial charge in [-0.25, -0.2) is 0 Å². The molecular formula is C12H13Br2ClN2O2. The van der Waals surface area contributed by atoms with E-state index in [1.54, 1.807) is 10.7 Å². The largest absolute Gasteiger partial charge is 0.450 e. The smallest absolute Gasteiger partial charge is 0.183 e. The minimum Gasteiger partial charge on any atom is -0.450 e. The van der Waals surface area contributed by atoms with E-state index in [4.69, 9.17) is 16.0 Å². The lowest BCUT2D eigenvalue weighted by Crippen LogP contribution is -2.06. The maximum atomic E-state index is 10.2. The van der Waals surface area contributed by atoms with Gasteiger partial charge >= 0.3 is 0 Å². The summed E-state index contributed by atoms with van der Waals surface area (Å²) in [6, 6.07) is 1.74.